The van der Waals surface area contributed by atoms with E-state index in [0.717, 1.165) is 0 Å². The lowest BCUT2D eigenvalue weighted by atomic mass is 9.74. The van der Waals surface area contributed by atoms with E-state index in [1.54, 1.807) is 48.5 Å². The number of carbonyl (C=O) groups excluding carboxylic acids is 2. The number of cyclic esters (lactones) is 1. The van der Waals surface area contributed by atoms with E-state index >= 15 is 0 Å². The maximum absolute atomic E-state index is 14.1. The van der Waals surface area contributed by atoms with Crippen LogP contribution in [0.1, 0.15) is 94.9 Å². The van der Waals surface area contributed by atoms with Gasteiger partial charge in [0, 0.05) is 37.7 Å². The largest absolute Gasteiger partial charge is 0.633 e. The average molecular weight is 750 g/mol. The minimum Gasteiger partial charge on any atom is -0.633 e. The summed E-state index contributed by atoms with van der Waals surface area (Å²) >= 11 is 0. The normalized spacial score (nSPS) is 49.2. The minimum absolute atomic E-state index is 0.0595. The summed E-state index contributed by atoms with van der Waals surface area (Å²) in [6.45, 7) is 15.9. The quantitative estimate of drug-likeness (QED) is 0.143. The fourth-order valence-electron chi connectivity index (χ4n) is 8.52. The molecule has 0 amide bonds. The molecule has 0 bridgehead atoms. The van der Waals surface area contributed by atoms with Gasteiger partial charge in [-0.2, -0.15) is 0 Å². The van der Waals surface area contributed by atoms with Gasteiger partial charge in [0.25, 0.3) is 0 Å². The number of carbonyl (C=O) groups is 2. The van der Waals surface area contributed by atoms with Gasteiger partial charge in [0.15, 0.2) is 18.7 Å². The number of esters is 1. The first-order valence-corrected chi connectivity index (χ1v) is 18.7. The summed E-state index contributed by atoms with van der Waals surface area (Å²) in [4.78, 5) is 27.9. The summed E-state index contributed by atoms with van der Waals surface area (Å²) in [6, 6.07) is -0.828. The molecule has 0 aromatic heterocycles. The Morgan fingerprint density at radius 2 is 1.50 bits per heavy atom. The first-order chi connectivity index (χ1) is 23.7. The number of Topliss-reactive ketones (excluding diaryl/α,β-unsaturated/α-hetero) is 1. The van der Waals surface area contributed by atoms with Gasteiger partial charge in [-0.1, -0.05) is 27.7 Å². The molecule has 3 heterocycles. The number of hydrogen-bond donors (Lipinski definition) is 5. The molecule has 3 rings (SSSR count). The molecule has 5 N–H and O–H groups in total. The molecule has 3 saturated heterocycles. The van der Waals surface area contributed by atoms with Gasteiger partial charge < -0.3 is 63.8 Å². The van der Waals surface area contributed by atoms with Crippen LogP contribution in [0.15, 0.2) is 0 Å². The zero-order valence-electron chi connectivity index (χ0n) is 33.3. The van der Waals surface area contributed by atoms with Crippen molar-refractivity contribution in [2.75, 3.05) is 21.2 Å². The number of aliphatic hydroxyl groups is 5. The third-order valence-electron chi connectivity index (χ3n) is 12.0. The van der Waals surface area contributed by atoms with Crippen molar-refractivity contribution in [2.24, 2.45) is 23.7 Å². The first kappa shape index (κ1) is 45.1. The topological polar surface area (TPSA) is 214 Å². The molecule has 0 aromatic rings. The van der Waals surface area contributed by atoms with E-state index in [1.807, 2.05) is 0 Å². The number of quaternary nitrogens is 1. The molecular weight excluding hydrogens is 682 g/mol. The van der Waals surface area contributed by atoms with Crippen molar-refractivity contribution in [3.63, 3.8) is 0 Å². The molecule has 0 aromatic carbocycles. The second-order valence-electron chi connectivity index (χ2n) is 16.9. The van der Waals surface area contributed by atoms with Crippen LogP contribution in [0.5, 0.6) is 0 Å². The van der Waals surface area contributed by atoms with E-state index in [-0.39, 0.29) is 25.7 Å². The number of methoxy groups -OCH3 is 1. The zero-order chi connectivity index (χ0) is 39.9. The molecule has 52 heavy (non-hydrogen) atoms. The van der Waals surface area contributed by atoms with Crippen molar-refractivity contribution in [3.8, 4) is 0 Å². The van der Waals surface area contributed by atoms with Gasteiger partial charge in [0.2, 0.25) is 0 Å². The smallest absolute Gasteiger partial charge is 0.311 e. The SMILES string of the molecule is CCC1OC(=O)C(C)C(OC2CC(C)(OC)C(O)C(C)O2)C(C)C(OC2OC(C)CC([N+](C)(C)[O-])C2O)C(C)(O)CC(C)C(=O)C(C)C(O)C1(C)O. The van der Waals surface area contributed by atoms with Crippen molar-refractivity contribution in [1.82, 2.24) is 0 Å². The van der Waals surface area contributed by atoms with Gasteiger partial charge >= 0.3 is 5.97 Å². The van der Waals surface area contributed by atoms with Gasteiger partial charge in [-0.05, 0) is 54.4 Å². The second-order valence-corrected chi connectivity index (χ2v) is 16.9. The van der Waals surface area contributed by atoms with E-state index in [1.165, 1.54) is 42.0 Å². The molecule has 3 aliphatic heterocycles. The highest BCUT2D eigenvalue weighted by molar-refractivity contribution is 5.83. The Kier molecular flexibility index (Phi) is 14.6. The van der Waals surface area contributed by atoms with Crippen molar-refractivity contribution in [1.29, 1.82) is 0 Å². The summed E-state index contributed by atoms with van der Waals surface area (Å²) in [5.74, 6) is -5.27. The second kappa shape index (κ2) is 16.8. The molecule has 18 atom stereocenters. The summed E-state index contributed by atoms with van der Waals surface area (Å²) < 4.78 is 36.0. The highest BCUT2D eigenvalue weighted by Gasteiger charge is 2.54. The monoisotopic (exact) mass is 749 g/mol. The van der Waals surface area contributed by atoms with Crippen LogP contribution in [-0.4, -0.2) is 147 Å². The Balaban J connectivity index is 2.20. The molecule has 15 heteroatoms. The Morgan fingerprint density at radius 3 is 2.04 bits per heavy atom. The van der Waals surface area contributed by atoms with E-state index < -0.39 is 124 Å². The highest BCUT2D eigenvalue weighted by atomic mass is 16.7. The fourth-order valence-corrected chi connectivity index (χ4v) is 8.52. The number of rotatable bonds is 7. The van der Waals surface area contributed by atoms with Crippen LogP contribution in [-0.2, 0) is 38.0 Å². The molecule has 18 unspecified atom stereocenters. The van der Waals surface area contributed by atoms with E-state index in [0.29, 0.717) is 0 Å². The molecule has 15 nitrogen and oxygen atoms in total. The van der Waals surface area contributed by atoms with E-state index in [9.17, 15) is 40.3 Å². The summed E-state index contributed by atoms with van der Waals surface area (Å²) in [5, 5.41) is 70.7. The van der Waals surface area contributed by atoms with Crippen LogP contribution in [0.3, 0.4) is 0 Å². The van der Waals surface area contributed by atoms with Crippen molar-refractivity contribution >= 4 is 11.8 Å². The lowest BCUT2D eigenvalue weighted by molar-refractivity contribution is -0.874. The van der Waals surface area contributed by atoms with Gasteiger partial charge in [0.05, 0.1) is 61.7 Å². The molecular formula is C37H67NO14. The molecule has 0 saturated carbocycles. The molecule has 0 spiro atoms. The number of hydrogen-bond acceptors (Lipinski definition) is 14. The van der Waals surface area contributed by atoms with Crippen LogP contribution < -0.4 is 0 Å². The maximum Gasteiger partial charge on any atom is 0.311 e. The summed E-state index contributed by atoms with van der Waals surface area (Å²) in [5.41, 5.74) is -4.98. The van der Waals surface area contributed by atoms with E-state index in [2.05, 4.69) is 0 Å². The molecule has 3 aliphatic rings. The van der Waals surface area contributed by atoms with E-state index in [4.69, 9.17) is 28.4 Å². The van der Waals surface area contributed by atoms with Crippen molar-refractivity contribution < 1.29 is 68.2 Å². The van der Waals surface area contributed by atoms with Crippen molar-refractivity contribution in [3.05, 3.63) is 5.21 Å². The van der Waals surface area contributed by atoms with Crippen LogP contribution in [0.25, 0.3) is 0 Å². The Bertz CT molecular complexity index is 1210. The highest BCUT2D eigenvalue weighted by Crippen LogP contribution is 2.41. The standard InChI is InChI=1S/C37H67NO14/c1-14-25-37(10,45)30(41)20(4)27(39)18(2)16-35(8,44)32(52-34-28(40)24(38(11,12)46)15-19(3)48-34)21(5)29(22(6)33(43)50-25)51-26-17-36(9,47-13)31(42)23(7)49-26/h18-26,28-32,34,40-42,44-45H,14-17H2,1-13H3. The fraction of sp³-hybridized carbons (Fsp3) is 0.946. The lowest BCUT2D eigenvalue weighted by Gasteiger charge is -2.51. The third-order valence-corrected chi connectivity index (χ3v) is 12.0. The van der Waals surface area contributed by atoms with Crippen LogP contribution in [0.4, 0.5) is 0 Å². The predicted octanol–water partition coefficient (Wildman–Crippen LogP) is 1.80. The maximum atomic E-state index is 14.1. The van der Waals surface area contributed by atoms with Gasteiger partial charge in [-0.25, -0.2) is 0 Å². The van der Waals surface area contributed by atoms with Crippen LogP contribution in [0.2, 0.25) is 0 Å². The van der Waals surface area contributed by atoms with Gasteiger partial charge in [-0.3, -0.25) is 9.59 Å². The van der Waals surface area contributed by atoms with Crippen LogP contribution in [0, 0.1) is 28.9 Å². The Hall–Kier alpha value is -1.34. The molecule has 304 valence electrons. The predicted molar refractivity (Wildman–Crippen MR) is 188 cm³/mol. The Morgan fingerprint density at radius 1 is 0.904 bits per heavy atom. The van der Waals surface area contributed by atoms with Crippen molar-refractivity contribution in [2.45, 2.75) is 179 Å². The average Bonchev–Trinajstić information content (AvgIpc) is 3.05. The van der Waals surface area contributed by atoms with Gasteiger partial charge in [0.1, 0.15) is 29.6 Å². The zero-order valence-corrected chi connectivity index (χ0v) is 33.3. The summed E-state index contributed by atoms with van der Waals surface area (Å²) in [7, 11) is 4.30. The number of likely N-dealkylation sites (N-methyl/N-ethyl adjacent to an activating group) is 1. The van der Waals surface area contributed by atoms with Crippen LogP contribution >= 0.6 is 0 Å². The number of aliphatic hydroxyl groups excluding tert-OH is 3. The molecule has 0 aliphatic carbocycles. The van der Waals surface area contributed by atoms with Gasteiger partial charge in [-0.15, -0.1) is 0 Å². The number of nitrogens with zero attached hydrogens (tertiary/aromatic N) is 1. The molecule has 3 fully saturated rings. The molecule has 0 radical (unpaired) electrons. The summed E-state index contributed by atoms with van der Waals surface area (Å²) in [6.07, 6.45) is -11.1. The lowest BCUT2D eigenvalue weighted by Crippen LogP contribution is -2.63. The third kappa shape index (κ3) is 9.54. The number of ether oxygens (including phenoxy) is 6. The number of hydroxylamine groups is 3. The Labute approximate surface area is 309 Å². The number of ketones is 1. The minimum atomic E-state index is -2.02. The first-order valence-electron chi connectivity index (χ1n) is 18.7.